The Hall–Kier alpha value is -0.160. The fourth-order valence-electron chi connectivity index (χ4n) is 1.19. The predicted octanol–water partition coefficient (Wildman–Crippen LogP) is -0.458. The van der Waals surface area contributed by atoms with E-state index >= 15 is 0 Å². The lowest BCUT2D eigenvalue weighted by Gasteiger charge is -2.18. The van der Waals surface area contributed by atoms with Gasteiger partial charge in [-0.2, -0.15) is 5.32 Å². The SMILES string of the molecule is C1CON(C2[N]CCO2)C1. The van der Waals surface area contributed by atoms with E-state index in [1.807, 2.05) is 5.06 Å². The van der Waals surface area contributed by atoms with Crippen molar-refractivity contribution in [1.29, 1.82) is 0 Å². The topological polar surface area (TPSA) is 35.8 Å². The summed E-state index contributed by atoms with van der Waals surface area (Å²) in [5.74, 6) is 0. The Morgan fingerprint density at radius 1 is 1.40 bits per heavy atom. The molecule has 10 heavy (non-hydrogen) atoms. The molecule has 0 spiro atoms. The van der Waals surface area contributed by atoms with Crippen LogP contribution in [0.15, 0.2) is 0 Å². The van der Waals surface area contributed by atoms with Gasteiger partial charge < -0.3 is 4.74 Å². The molecule has 2 aliphatic heterocycles. The smallest absolute Gasteiger partial charge is 0.203 e. The summed E-state index contributed by atoms with van der Waals surface area (Å²) in [5.41, 5.74) is 0. The van der Waals surface area contributed by atoms with Crippen LogP contribution < -0.4 is 5.32 Å². The fourth-order valence-corrected chi connectivity index (χ4v) is 1.19. The molecular weight excluding hydrogens is 132 g/mol. The van der Waals surface area contributed by atoms with Gasteiger partial charge in [0.05, 0.1) is 13.2 Å². The van der Waals surface area contributed by atoms with Crippen LogP contribution in [-0.2, 0) is 9.57 Å². The second-order valence-electron chi connectivity index (χ2n) is 2.43. The quantitative estimate of drug-likeness (QED) is 0.498. The highest BCUT2D eigenvalue weighted by molar-refractivity contribution is 4.62. The molecule has 2 fully saturated rings. The lowest BCUT2D eigenvalue weighted by Crippen LogP contribution is -2.36. The standard InChI is InChI=1S/C6H11N2O2/c1-3-8(10-4-1)6-7-2-5-9-6/h6H,1-5H2. The zero-order chi connectivity index (χ0) is 6.81. The minimum Gasteiger partial charge on any atom is -0.345 e. The zero-order valence-electron chi connectivity index (χ0n) is 5.82. The van der Waals surface area contributed by atoms with Crippen LogP contribution in [0.1, 0.15) is 6.42 Å². The second kappa shape index (κ2) is 2.84. The molecule has 0 amide bonds. The number of hydroxylamine groups is 2. The van der Waals surface area contributed by atoms with Gasteiger partial charge in [0.2, 0.25) is 6.35 Å². The van der Waals surface area contributed by atoms with E-state index in [1.54, 1.807) is 0 Å². The van der Waals surface area contributed by atoms with E-state index in [-0.39, 0.29) is 6.35 Å². The van der Waals surface area contributed by atoms with E-state index in [2.05, 4.69) is 5.32 Å². The Morgan fingerprint density at radius 3 is 3.00 bits per heavy atom. The molecule has 0 saturated carbocycles. The first-order valence-corrected chi connectivity index (χ1v) is 3.64. The molecule has 2 heterocycles. The molecule has 2 rings (SSSR count). The average molecular weight is 143 g/mol. The molecule has 4 nitrogen and oxygen atoms in total. The summed E-state index contributed by atoms with van der Waals surface area (Å²) in [6, 6.07) is 0. The van der Waals surface area contributed by atoms with Crippen LogP contribution in [0.4, 0.5) is 0 Å². The summed E-state index contributed by atoms with van der Waals surface area (Å²) in [6.07, 6.45) is 0.984. The molecule has 0 aromatic carbocycles. The molecular formula is C6H11N2O2. The largest absolute Gasteiger partial charge is 0.345 e. The van der Waals surface area contributed by atoms with Crippen LogP contribution in [0, 0.1) is 0 Å². The number of nitrogens with zero attached hydrogens (tertiary/aromatic N) is 2. The van der Waals surface area contributed by atoms with Gasteiger partial charge in [0.1, 0.15) is 0 Å². The Balaban J connectivity index is 1.85. The number of ether oxygens (including phenoxy) is 1. The first-order valence-electron chi connectivity index (χ1n) is 3.64. The van der Waals surface area contributed by atoms with Gasteiger partial charge in [0, 0.05) is 13.1 Å². The molecule has 2 aliphatic rings. The summed E-state index contributed by atoms with van der Waals surface area (Å²) in [6.45, 7) is 3.32. The van der Waals surface area contributed by atoms with Crippen molar-refractivity contribution in [3.63, 3.8) is 0 Å². The third kappa shape index (κ3) is 1.15. The highest BCUT2D eigenvalue weighted by Crippen LogP contribution is 2.11. The van der Waals surface area contributed by atoms with Crippen LogP contribution >= 0.6 is 0 Å². The maximum atomic E-state index is 5.27. The van der Waals surface area contributed by atoms with Gasteiger partial charge >= 0.3 is 0 Å². The van der Waals surface area contributed by atoms with Crippen LogP contribution in [0.2, 0.25) is 0 Å². The monoisotopic (exact) mass is 143 g/mol. The lowest BCUT2D eigenvalue weighted by atomic mass is 10.5. The molecule has 1 unspecified atom stereocenters. The van der Waals surface area contributed by atoms with Crippen LogP contribution in [0.25, 0.3) is 0 Å². The zero-order valence-corrected chi connectivity index (χ0v) is 5.82. The molecule has 57 valence electrons. The molecule has 2 saturated heterocycles. The van der Waals surface area contributed by atoms with E-state index in [4.69, 9.17) is 9.57 Å². The van der Waals surface area contributed by atoms with Crippen molar-refractivity contribution in [2.75, 3.05) is 26.3 Å². The molecule has 0 bridgehead atoms. The van der Waals surface area contributed by atoms with E-state index in [0.717, 1.165) is 32.7 Å². The molecule has 0 aromatic heterocycles. The predicted molar refractivity (Wildman–Crippen MR) is 34.0 cm³/mol. The molecule has 4 heteroatoms. The van der Waals surface area contributed by atoms with Gasteiger partial charge in [-0.3, -0.25) is 4.84 Å². The van der Waals surface area contributed by atoms with Crippen molar-refractivity contribution in [2.24, 2.45) is 0 Å². The van der Waals surface area contributed by atoms with E-state index in [0.29, 0.717) is 0 Å². The summed E-state index contributed by atoms with van der Waals surface area (Å²) in [5, 5.41) is 6.01. The lowest BCUT2D eigenvalue weighted by molar-refractivity contribution is -0.213. The highest BCUT2D eigenvalue weighted by Gasteiger charge is 2.27. The Labute approximate surface area is 60.0 Å². The van der Waals surface area contributed by atoms with E-state index in [9.17, 15) is 0 Å². The van der Waals surface area contributed by atoms with Gasteiger partial charge in [0.25, 0.3) is 0 Å². The maximum Gasteiger partial charge on any atom is 0.203 e. The normalized spacial score (nSPS) is 35.4. The van der Waals surface area contributed by atoms with Crippen molar-refractivity contribution in [1.82, 2.24) is 10.4 Å². The molecule has 0 N–H and O–H groups in total. The van der Waals surface area contributed by atoms with Gasteiger partial charge in [-0.1, -0.05) is 0 Å². The highest BCUT2D eigenvalue weighted by atomic mass is 16.7. The van der Waals surface area contributed by atoms with Crippen molar-refractivity contribution in [2.45, 2.75) is 12.8 Å². The summed E-state index contributed by atoms with van der Waals surface area (Å²) in [7, 11) is 0. The first-order chi connectivity index (χ1) is 4.97. The van der Waals surface area contributed by atoms with Crippen molar-refractivity contribution in [3.8, 4) is 0 Å². The van der Waals surface area contributed by atoms with Crippen molar-refractivity contribution >= 4 is 0 Å². The number of rotatable bonds is 1. The van der Waals surface area contributed by atoms with Crippen molar-refractivity contribution < 1.29 is 9.57 Å². The first kappa shape index (κ1) is 6.54. The Kier molecular flexibility index (Phi) is 1.86. The van der Waals surface area contributed by atoms with Crippen molar-refractivity contribution in [3.05, 3.63) is 0 Å². The number of hydrogen-bond donors (Lipinski definition) is 0. The van der Waals surface area contributed by atoms with Gasteiger partial charge in [-0.25, -0.2) is 0 Å². The second-order valence-corrected chi connectivity index (χ2v) is 2.43. The summed E-state index contributed by atoms with van der Waals surface area (Å²) < 4.78 is 5.27. The Morgan fingerprint density at radius 2 is 2.40 bits per heavy atom. The maximum absolute atomic E-state index is 5.27. The third-order valence-electron chi connectivity index (χ3n) is 1.67. The number of hydrogen-bond acceptors (Lipinski definition) is 3. The van der Waals surface area contributed by atoms with Crippen LogP contribution in [0.5, 0.6) is 0 Å². The average Bonchev–Trinajstić information content (AvgIpc) is 2.59. The summed E-state index contributed by atoms with van der Waals surface area (Å²) in [4.78, 5) is 5.25. The minimum absolute atomic E-state index is 0.109. The van der Waals surface area contributed by atoms with E-state index in [1.165, 1.54) is 0 Å². The van der Waals surface area contributed by atoms with Gasteiger partial charge in [-0.05, 0) is 6.42 Å². The summed E-state index contributed by atoms with van der Waals surface area (Å²) >= 11 is 0. The van der Waals surface area contributed by atoms with Crippen LogP contribution in [0.3, 0.4) is 0 Å². The van der Waals surface area contributed by atoms with E-state index < -0.39 is 0 Å². The minimum atomic E-state index is -0.109. The van der Waals surface area contributed by atoms with Gasteiger partial charge in [0.15, 0.2) is 0 Å². The van der Waals surface area contributed by atoms with Crippen LogP contribution in [-0.4, -0.2) is 37.7 Å². The molecule has 1 radical (unpaired) electrons. The molecule has 0 aromatic rings. The Bertz CT molecular complexity index is 94.3. The van der Waals surface area contributed by atoms with Gasteiger partial charge in [-0.15, -0.1) is 5.06 Å². The molecule has 0 aliphatic carbocycles. The molecule has 1 atom stereocenters. The fraction of sp³-hybridized carbons (Fsp3) is 1.00. The third-order valence-corrected chi connectivity index (χ3v) is 1.67.